The Hall–Kier alpha value is -1.47. The minimum atomic E-state index is -1.08. The number of carbonyl (C=O) groups is 4. The Morgan fingerprint density at radius 3 is 0.529 bits per heavy atom. The summed E-state index contributed by atoms with van der Waals surface area (Å²) < 4.78 is 0. The molecule has 0 fully saturated rings. The first-order valence-corrected chi connectivity index (χ1v) is 3.63. The maximum atomic E-state index is 8.89. The summed E-state index contributed by atoms with van der Waals surface area (Å²) in [5.74, 6) is -4.33. The maximum Gasteiger partial charge on any atom is 4.00 e. The van der Waals surface area contributed by atoms with E-state index in [2.05, 4.69) is 0 Å². The van der Waals surface area contributed by atoms with Crippen LogP contribution in [0.4, 0.5) is 0 Å². The normalized spacial score (nSPS) is 5.88. The van der Waals surface area contributed by atoms with E-state index in [4.69, 9.17) is 39.6 Å². The van der Waals surface area contributed by atoms with Gasteiger partial charge in [0.1, 0.15) is 0 Å². The molecule has 0 unspecified atom stereocenters. The smallest absolute Gasteiger partial charge is 0.550 e. The molecule has 0 spiro atoms. The monoisotopic (exact) mass is 429 g/mol. The summed E-state index contributed by atoms with van der Waals surface area (Å²) in [5, 5.41) is 35.6. The van der Waals surface area contributed by atoms with Crippen molar-refractivity contribution in [3.63, 3.8) is 0 Å². The van der Waals surface area contributed by atoms with Crippen LogP contribution in [-0.4, -0.2) is 23.9 Å². The Bertz CT molecular complexity index is 162. The van der Waals surface area contributed by atoms with Gasteiger partial charge in [-0.05, 0) is 27.7 Å². The zero-order valence-electron chi connectivity index (χ0n) is 9.60. The van der Waals surface area contributed by atoms with Crippen molar-refractivity contribution >= 4 is 23.9 Å². The van der Waals surface area contributed by atoms with Crippen molar-refractivity contribution in [3.8, 4) is 0 Å². The summed E-state index contributed by atoms with van der Waals surface area (Å²) >= 11 is 0. The van der Waals surface area contributed by atoms with Crippen molar-refractivity contribution in [2.24, 2.45) is 0 Å². The van der Waals surface area contributed by atoms with E-state index in [0.717, 1.165) is 27.7 Å². The van der Waals surface area contributed by atoms with E-state index in [9.17, 15) is 0 Å². The largest absolute Gasteiger partial charge is 4.00 e. The Labute approximate surface area is 112 Å². The van der Waals surface area contributed by atoms with Crippen LogP contribution in [0.1, 0.15) is 27.7 Å². The summed E-state index contributed by atoms with van der Waals surface area (Å²) in [5.41, 5.74) is 0. The number of carboxylic acids is 4. The van der Waals surface area contributed by atoms with E-state index in [-0.39, 0.29) is 20.1 Å². The Morgan fingerprint density at radius 2 is 0.529 bits per heavy atom. The van der Waals surface area contributed by atoms with Crippen LogP contribution < -0.4 is 20.4 Å². The molecule has 0 saturated carbocycles. The van der Waals surface area contributed by atoms with Crippen LogP contribution in [0.5, 0.6) is 0 Å². The molecule has 101 valence electrons. The first-order valence-electron chi connectivity index (χ1n) is 3.63. The molecule has 0 heterocycles. The fourth-order valence-corrected chi connectivity index (χ4v) is 0. The standard InChI is InChI=1S/4C2H4O2.Ir/c4*1-2(3)4;/h4*1H3,(H,3,4);/q;;;;+4/p-4. The van der Waals surface area contributed by atoms with Crippen molar-refractivity contribution < 1.29 is 59.7 Å². The predicted molar refractivity (Wildman–Crippen MR) is 42.7 cm³/mol. The molecule has 0 aliphatic rings. The minimum Gasteiger partial charge on any atom is -0.550 e. The summed E-state index contributed by atoms with van der Waals surface area (Å²) in [4.78, 5) is 35.6. The molecule has 0 aliphatic heterocycles. The van der Waals surface area contributed by atoms with Crippen LogP contribution in [0.25, 0.3) is 0 Å². The average molecular weight is 428 g/mol. The summed E-state index contributed by atoms with van der Waals surface area (Å²) in [7, 11) is 0. The quantitative estimate of drug-likeness (QED) is 0.371. The van der Waals surface area contributed by atoms with Crippen molar-refractivity contribution in [1.29, 1.82) is 0 Å². The molecule has 0 rings (SSSR count). The van der Waals surface area contributed by atoms with E-state index in [1.54, 1.807) is 0 Å². The van der Waals surface area contributed by atoms with Gasteiger partial charge in [-0.2, -0.15) is 0 Å². The fourth-order valence-electron chi connectivity index (χ4n) is 0. The number of hydrogen-bond donors (Lipinski definition) is 0. The van der Waals surface area contributed by atoms with E-state index in [0.29, 0.717) is 0 Å². The van der Waals surface area contributed by atoms with Gasteiger partial charge in [0, 0.05) is 23.9 Å². The van der Waals surface area contributed by atoms with Gasteiger partial charge in [0.25, 0.3) is 0 Å². The minimum absolute atomic E-state index is 0. The molecular formula is C8H12IrO8. The van der Waals surface area contributed by atoms with Crippen molar-refractivity contribution in [1.82, 2.24) is 0 Å². The van der Waals surface area contributed by atoms with E-state index < -0.39 is 23.9 Å². The number of carbonyl (C=O) groups excluding carboxylic acids is 4. The van der Waals surface area contributed by atoms with Gasteiger partial charge in [0.05, 0.1) is 0 Å². The van der Waals surface area contributed by atoms with Crippen LogP contribution >= 0.6 is 0 Å². The third-order valence-electron chi connectivity index (χ3n) is 0. The topological polar surface area (TPSA) is 161 Å². The first-order chi connectivity index (χ1) is 6.93. The second-order valence-electron chi connectivity index (χ2n) is 1.97. The van der Waals surface area contributed by atoms with Crippen LogP contribution in [0, 0.1) is 0 Å². The van der Waals surface area contributed by atoms with Crippen LogP contribution in [0.2, 0.25) is 0 Å². The molecule has 0 aliphatic carbocycles. The molecule has 17 heavy (non-hydrogen) atoms. The van der Waals surface area contributed by atoms with Crippen molar-refractivity contribution in [2.45, 2.75) is 27.7 Å². The molecule has 0 amide bonds. The molecule has 1 radical (unpaired) electrons. The third kappa shape index (κ3) is 1050. The third-order valence-corrected chi connectivity index (χ3v) is 0. The Balaban J connectivity index is -0.0000000369. The van der Waals surface area contributed by atoms with Gasteiger partial charge in [-0.1, -0.05) is 0 Å². The summed E-state index contributed by atoms with van der Waals surface area (Å²) in [6, 6.07) is 0. The molecule has 0 aromatic heterocycles. The molecule has 0 aromatic carbocycles. The van der Waals surface area contributed by atoms with Crippen LogP contribution in [-0.2, 0) is 39.3 Å². The van der Waals surface area contributed by atoms with Gasteiger partial charge < -0.3 is 39.6 Å². The second-order valence-corrected chi connectivity index (χ2v) is 1.97. The van der Waals surface area contributed by atoms with Crippen LogP contribution in [0.15, 0.2) is 0 Å². The summed E-state index contributed by atoms with van der Waals surface area (Å²) in [6.07, 6.45) is 0. The van der Waals surface area contributed by atoms with Gasteiger partial charge >= 0.3 is 20.1 Å². The maximum absolute atomic E-state index is 8.89. The van der Waals surface area contributed by atoms with Crippen molar-refractivity contribution in [2.75, 3.05) is 0 Å². The molecule has 0 N–H and O–H groups in total. The predicted octanol–water partition coefficient (Wildman–Crippen LogP) is -4.98. The molecule has 9 heteroatoms. The zero-order chi connectivity index (χ0) is 14.3. The molecule has 0 saturated heterocycles. The molecule has 0 atom stereocenters. The Morgan fingerprint density at radius 1 is 0.529 bits per heavy atom. The van der Waals surface area contributed by atoms with Crippen LogP contribution in [0.3, 0.4) is 0 Å². The van der Waals surface area contributed by atoms with Gasteiger partial charge in [-0.25, -0.2) is 0 Å². The van der Waals surface area contributed by atoms with Gasteiger partial charge in [-0.15, -0.1) is 0 Å². The number of rotatable bonds is 0. The Kier molecular flexibility index (Phi) is 41.7. The number of carboxylic acid groups (broad SMARTS) is 4. The molecule has 8 nitrogen and oxygen atoms in total. The van der Waals surface area contributed by atoms with Gasteiger partial charge in [0.2, 0.25) is 0 Å². The van der Waals surface area contributed by atoms with Gasteiger partial charge in [-0.3, -0.25) is 0 Å². The van der Waals surface area contributed by atoms with E-state index in [1.807, 2.05) is 0 Å². The SMILES string of the molecule is CC(=O)[O-].CC(=O)[O-].CC(=O)[O-].CC(=O)[O-].[Ir+4]. The average Bonchev–Trinajstić information content (AvgIpc) is 1.76. The van der Waals surface area contributed by atoms with E-state index >= 15 is 0 Å². The number of hydrogen-bond acceptors (Lipinski definition) is 8. The first kappa shape index (κ1) is 29.6. The fraction of sp³-hybridized carbons (Fsp3) is 0.500. The molecule has 0 aromatic rings. The summed E-state index contributed by atoms with van der Waals surface area (Å²) in [6.45, 7) is 3.89. The second kappa shape index (κ2) is 24.0. The molecular weight excluding hydrogens is 416 g/mol. The number of aliphatic carboxylic acids is 4. The zero-order valence-corrected chi connectivity index (χ0v) is 12.0. The van der Waals surface area contributed by atoms with E-state index in [1.165, 1.54) is 0 Å². The molecule has 0 bridgehead atoms. The van der Waals surface area contributed by atoms with Gasteiger partial charge in [0.15, 0.2) is 0 Å². The van der Waals surface area contributed by atoms with Crippen molar-refractivity contribution in [3.05, 3.63) is 0 Å².